The standard InChI is InChI=1S/C15H21Cl2NO2S/c1-2-9-18-15(11-6-5-7-12(16)14(11)17)13-8-3-4-10-21(13,19)20/h5-7,13,15,18H,2-4,8-10H2,1H3. The van der Waals surface area contributed by atoms with Crippen LogP contribution in [0.15, 0.2) is 18.2 Å². The monoisotopic (exact) mass is 349 g/mol. The highest BCUT2D eigenvalue weighted by Crippen LogP contribution is 2.36. The van der Waals surface area contributed by atoms with Crippen molar-refractivity contribution in [1.82, 2.24) is 5.32 Å². The van der Waals surface area contributed by atoms with Crippen molar-refractivity contribution in [1.29, 1.82) is 0 Å². The van der Waals surface area contributed by atoms with Crippen LogP contribution >= 0.6 is 23.2 Å². The molecule has 0 radical (unpaired) electrons. The summed E-state index contributed by atoms with van der Waals surface area (Å²) in [6.45, 7) is 2.80. The molecule has 3 nitrogen and oxygen atoms in total. The van der Waals surface area contributed by atoms with Crippen LogP contribution in [0.2, 0.25) is 10.0 Å². The van der Waals surface area contributed by atoms with Gasteiger partial charge in [0.25, 0.3) is 0 Å². The maximum absolute atomic E-state index is 12.4. The smallest absolute Gasteiger partial charge is 0.155 e. The van der Waals surface area contributed by atoms with Gasteiger partial charge >= 0.3 is 0 Å². The number of halogens is 2. The minimum atomic E-state index is -3.10. The van der Waals surface area contributed by atoms with Crippen LogP contribution in [-0.2, 0) is 9.84 Å². The second-order valence-corrected chi connectivity index (χ2v) is 8.60. The Hall–Kier alpha value is -0.290. The molecule has 0 aliphatic carbocycles. The van der Waals surface area contributed by atoms with E-state index in [1.807, 2.05) is 12.1 Å². The van der Waals surface area contributed by atoms with Crippen LogP contribution in [0, 0.1) is 0 Å². The molecule has 6 heteroatoms. The first-order valence-electron chi connectivity index (χ1n) is 7.36. The molecule has 2 unspecified atom stereocenters. The lowest BCUT2D eigenvalue weighted by molar-refractivity contribution is 0.446. The predicted molar refractivity (Wildman–Crippen MR) is 88.9 cm³/mol. The van der Waals surface area contributed by atoms with Gasteiger partial charge in [0, 0.05) is 0 Å². The minimum absolute atomic E-state index is 0.264. The van der Waals surface area contributed by atoms with Gasteiger partial charge in [0.15, 0.2) is 9.84 Å². The molecule has 1 aliphatic heterocycles. The summed E-state index contributed by atoms with van der Waals surface area (Å²) in [5, 5.41) is 3.85. The van der Waals surface area contributed by atoms with E-state index in [1.165, 1.54) is 0 Å². The first-order chi connectivity index (χ1) is 9.97. The van der Waals surface area contributed by atoms with Crippen LogP contribution < -0.4 is 5.32 Å². The summed E-state index contributed by atoms with van der Waals surface area (Å²) in [6.07, 6.45) is 3.29. The van der Waals surface area contributed by atoms with Crippen LogP contribution in [0.25, 0.3) is 0 Å². The molecule has 1 N–H and O–H groups in total. The molecule has 2 atom stereocenters. The first kappa shape index (κ1) is 17.1. The molecular formula is C15H21Cl2NO2S. The van der Waals surface area contributed by atoms with Gasteiger partial charge in [-0.25, -0.2) is 8.42 Å². The van der Waals surface area contributed by atoms with Crippen molar-refractivity contribution in [3.63, 3.8) is 0 Å². The summed E-state index contributed by atoms with van der Waals surface area (Å²) >= 11 is 12.4. The number of hydrogen-bond donors (Lipinski definition) is 1. The van der Waals surface area contributed by atoms with Crippen molar-refractivity contribution in [3.05, 3.63) is 33.8 Å². The molecule has 1 heterocycles. The van der Waals surface area contributed by atoms with Crippen molar-refractivity contribution < 1.29 is 8.42 Å². The molecule has 0 saturated carbocycles. The Morgan fingerprint density at radius 2 is 2.10 bits per heavy atom. The maximum Gasteiger partial charge on any atom is 0.155 e. The van der Waals surface area contributed by atoms with E-state index in [1.54, 1.807) is 6.07 Å². The molecule has 0 amide bonds. The summed E-state index contributed by atoms with van der Waals surface area (Å²) < 4.78 is 24.9. The van der Waals surface area contributed by atoms with Gasteiger partial charge in [-0.2, -0.15) is 0 Å². The number of benzene rings is 1. The highest BCUT2D eigenvalue weighted by Gasteiger charge is 2.37. The van der Waals surface area contributed by atoms with E-state index < -0.39 is 15.1 Å². The SMILES string of the molecule is CCCNC(c1cccc(Cl)c1Cl)C1CCCCS1(=O)=O. The fraction of sp³-hybridized carbons (Fsp3) is 0.600. The van der Waals surface area contributed by atoms with Crippen LogP contribution in [0.4, 0.5) is 0 Å². The molecule has 118 valence electrons. The van der Waals surface area contributed by atoms with Crippen molar-refractivity contribution in [2.45, 2.75) is 43.9 Å². The molecule has 1 fully saturated rings. The van der Waals surface area contributed by atoms with Gasteiger partial charge in [-0.3, -0.25) is 0 Å². The van der Waals surface area contributed by atoms with Gasteiger partial charge in [-0.15, -0.1) is 0 Å². The van der Waals surface area contributed by atoms with Gasteiger partial charge in [0.05, 0.1) is 27.1 Å². The Bertz CT molecular complexity index is 589. The zero-order chi connectivity index (χ0) is 15.5. The summed E-state index contributed by atoms with van der Waals surface area (Å²) in [4.78, 5) is 0. The average molecular weight is 350 g/mol. The van der Waals surface area contributed by atoms with Crippen molar-refractivity contribution in [3.8, 4) is 0 Å². The predicted octanol–water partition coefficient (Wildman–Crippen LogP) is 4.00. The van der Waals surface area contributed by atoms with Crippen LogP contribution in [-0.4, -0.2) is 26.0 Å². The summed E-state index contributed by atoms with van der Waals surface area (Å²) in [5.74, 6) is 0.264. The molecule has 1 aromatic carbocycles. The van der Waals surface area contributed by atoms with E-state index in [-0.39, 0.29) is 11.8 Å². The van der Waals surface area contributed by atoms with Crippen molar-refractivity contribution in [2.24, 2.45) is 0 Å². The Labute approximate surface area is 136 Å². The zero-order valence-corrected chi connectivity index (χ0v) is 14.4. The molecule has 0 aromatic heterocycles. The third-order valence-corrected chi connectivity index (χ3v) is 7.05. The Morgan fingerprint density at radius 1 is 1.33 bits per heavy atom. The number of hydrogen-bond acceptors (Lipinski definition) is 3. The summed E-state index contributed by atoms with van der Waals surface area (Å²) in [7, 11) is -3.10. The second kappa shape index (κ2) is 7.32. The van der Waals surface area contributed by atoms with Gasteiger partial charge < -0.3 is 5.32 Å². The molecule has 0 bridgehead atoms. The molecular weight excluding hydrogens is 329 g/mol. The van der Waals surface area contributed by atoms with Gasteiger partial charge in [-0.05, 0) is 37.4 Å². The Morgan fingerprint density at radius 3 is 2.76 bits per heavy atom. The van der Waals surface area contributed by atoms with E-state index in [0.29, 0.717) is 16.5 Å². The van der Waals surface area contributed by atoms with Gasteiger partial charge in [-0.1, -0.05) is 48.7 Å². The van der Waals surface area contributed by atoms with E-state index in [0.717, 1.165) is 31.4 Å². The highest BCUT2D eigenvalue weighted by atomic mass is 35.5. The maximum atomic E-state index is 12.4. The topological polar surface area (TPSA) is 46.2 Å². The number of rotatable bonds is 5. The summed E-state index contributed by atoms with van der Waals surface area (Å²) in [6, 6.07) is 5.12. The number of nitrogens with one attached hydrogen (secondary N) is 1. The third kappa shape index (κ3) is 3.92. The third-order valence-electron chi connectivity index (χ3n) is 3.93. The largest absolute Gasteiger partial charge is 0.309 e. The van der Waals surface area contributed by atoms with E-state index >= 15 is 0 Å². The van der Waals surface area contributed by atoms with Gasteiger partial charge in [0.1, 0.15) is 0 Å². The molecule has 0 spiro atoms. The van der Waals surface area contributed by atoms with Crippen molar-refractivity contribution in [2.75, 3.05) is 12.3 Å². The minimum Gasteiger partial charge on any atom is -0.309 e. The Kier molecular flexibility index (Phi) is 5.95. The average Bonchev–Trinajstić information content (AvgIpc) is 2.44. The lowest BCUT2D eigenvalue weighted by Crippen LogP contribution is -2.41. The lowest BCUT2D eigenvalue weighted by Gasteiger charge is -2.31. The second-order valence-electron chi connectivity index (χ2n) is 5.48. The highest BCUT2D eigenvalue weighted by molar-refractivity contribution is 7.92. The zero-order valence-electron chi connectivity index (χ0n) is 12.1. The van der Waals surface area contributed by atoms with Crippen LogP contribution in [0.3, 0.4) is 0 Å². The molecule has 2 rings (SSSR count). The quantitative estimate of drug-likeness (QED) is 0.873. The van der Waals surface area contributed by atoms with E-state index in [9.17, 15) is 8.42 Å². The summed E-state index contributed by atoms with van der Waals surface area (Å²) in [5.41, 5.74) is 0.785. The molecule has 1 aliphatic rings. The van der Waals surface area contributed by atoms with E-state index in [2.05, 4.69) is 12.2 Å². The molecule has 1 saturated heterocycles. The lowest BCUT2D eigenvalue weighted by atomic mass is 9.99. The Balaban J connectivity index is 2.40. The number of sulfone groups is 1. The van der Waals surface area contributed by atoms with Crippen LogP contribution in [0.1, 0.15) is 44.2 Å². The fourth-order valence-electron chi connectivity index (χ4n) is 2.86. The van der Waals surface area contributed by atoms with Gasteiger partial charge in [0.2, 0.25) is 0 Å². The van der Waals surface area contributed by atoms with E-state index in [4.69, 9.17) is 23.2 Å². The normalized spacial score (nSPS) is 22.9. The van der Waals surface area contributed by atoms with Crippen LogP contribution in [0.5, 0.6) is 0 Å². The van der Waals surface area contributed by atoms with Crippen molar-refractivity contribution >= 4 is 33.0 Å². The fourth-order valence-corrected chi connectivity index (χ4v) is 5.37. The molecule has 1 aromatic rings. The molecule has 21 heavy (non-hydrogen) atoms. The first-order valence-corrected chi connectivity index (χ1v) is 9.83.